The molecule has 1 aliphatic heterocycles. The summed E-state index contributed by atoms with van der Waals surface area (Å²) in [7, 11) is 0. The Labute approximate surface area is 203 Å². The number of rotatable bonds is 3. The SMILES string of the molecule is O=C(/C=C/c1ccccc1)N(C(=S)N1c2ccccc2Sc2ccccc21)c1ccccc1. The fraction of sp³-hybridized carbons (Fsp3) is 0. The van der Waals surface area contributed by atoms with Crippen LogP contribution in [0.2, 0.25) is 0 Å². The lowest BCUT2D eigenvalue weighted by molar-refractivity contribution is -0.113. The number of carbonyl (C=O) groups excluding carboxylic acids is 1. The van der Waals surface area contributed by atoms with E-state index in [1.54, 1.807) is 22.7 Å². The zero-order chi connectivity index (χ0) is 22.6. The topological polar surface area (TPSA) is 23.6 Å². The maximum atomic E-state index is 13.5. The lowest BCUT2D eigenvalue weighted by Crippen LogP contribution is -2.44. The summed E-state index contributed by atoms with van der Waals surface area (Å²) in [6.07, 6.45) is 3.39. The summed E-state index contributed by atoms with van der Waals surface area (Å²) in [5.41, 5.74) is 3.60. The van der Waals surface area contributed by atoms with Gasteiger partial charge in [-0.05, 0) is 60.3 Å². The zero-order valence-corrected chi connectivity index (χ0v) is 19.3. The molecule has 1 aliphatic rings. The van der Waals surface area contributed by atoms with Crippen LogP contribution in [0.3, 0.4) is 0 Å². The number of benzene rings is 4. The molecule has 0 bridgehead atoms. The van der Waals surface area contributed by atoms with Crippen LogP contribution in [0.15, 0.2) is 125 Å². The Kier molecular flexibility index (Phi) is 6.07. The van der Waals surface area contributed by atoms with Crippen LogP contribution in [0.4, 0.5) is 17.1 Å². The highest BCUT2D eigenvalue weighted by Crippen LogP contribution is 2.48. The second-order valence-corrected chi connectivity index (χ2v) is 8.86. The van der Waals surface area contributed by atoms with Crippen LogP contribution < -0.4 is 9.80 Å². The molecule has 160 valence electrons. The van der Waals surface area contributed by atoms with Crippen molar-refractivity contribution in [3.63, 3.8) is 0 Å². The third kappa shape index (κ3) is 4.33. The van der Waals surface area contributed by atoms with E-state index in [0.29, 0.717) is 5.11 Å². The van der Waals surface area contributed by atoms with Gasteiger partial charge in [0.15, 0.2) is 5.11 Å². The van der Waals surface area contributed by atoms with Crippen LogP contribution in [0.5, 0.6) is 0 Å². The molecule has 0 aromatic heterocycles. The molecule has 0 aliphatic carbocycles. The number of hydrogen-bond donors (Lipinski definition) is 0. The molecule has 0 saturated carbocycles. The van der Waals surface area contributed by atoms with Gasteiger partial charge < -0.3 is 0 Å². The molecule has 0 spiro atoms. The van der Waals surface area contributed by atoms with Crippen molar-refractivity contribution in [3.05, 3.63) is 121 Å². The molecule has 33 heavy (non-hydrogen) atoms. The second-order valence-electron chi connectivity index (χ2n) is 7.41. The van der Waals surface area contributed by atoms with Gasteiger partial charge in [-0.15, -0.1) is 0 Å². The number of nitrogens with zero attached hydrogens (tertiary/aromatic N) is 2. The van der Waals surface area contributed by atoms with E-state index in [1.165, 1.54) is 0 Å². The molecule has 0 radical (unpaired) electrons. The molecule has 0 fully saturated rings. The van der Waals surface area contributed by atoms with Gasteiger partial charge >= 0.3 is 0 Å². The van der Waals surface area contributed by atoms with Gasteiger partial charge in [0.1, 0.15) is 0 Å². The molecule has 5 heteroatoms. The molecule has 3 nitrogen and oxygen atoms in total. The van der Waals surface area contributed by atoms with Crippen LogP contribution in [-0.2, 0) is 4.79 Å². The van der Waals surface area contributed by atoms with Gasteiger partial charge in [0.25, 0.3) is 5.91 Å². The van der Waals surface area contributed by atoms with E-state index in [0.717, 1.165) is 32.4 Å². The third-order valence-electron chi connectivity index (χ3n) is 5.27. The van der Waals surface area contributed by atoms with Crippen molar-refractivity contribution in [2.45, 2.75) is 9.79 Å². The number of para-hydroxylation sites is 3. The van der Waals surface area contributed by atoms with Crippen molar-refractivity contribution in [2.24, 2.45) is 0 Å². The number of anilines is 3. The van der Waals surface area contributed by atoms with Crippen LogP contribution in [0.1, 0.15) is 5.56 Å². The van der Waals surface area contributed by atoms with Crippen LogP contribution >= 0.6 is 24.0 Å². The van der Waals surface area contributed by atoms with Gasteiger partial charge in [-0.1, -0.05) is 84.6 Å². The normalized spacial score (nSPS) is 12.2. The Morgan fingerprint density at radius 1 is 0.727 bits per heavy atom. The van der Waals surface area contributed by atoms with Gasteiger partial charge in [-0.2, -0.15) is 0 Å². The van der Waals surface area contributed by atoms with E-state index in [1.807, 2.05) is 108 Å². The highest BCUT2D eigenvalue weighted by atomic mass is 32.2. The Hall–Kier alpha value is -3.67. The van der Waals surface area contributed by atoms with Crippen molar-refractivity contribution >= 4 is 58.1 Å². The zero-order valence-electron chi connectivity index (χ0n) is 17.7. The minimum atomic E-state index is -0.205. The van der Waals surface area contributed by atoms with E-state index < -0.39 is 0 Å². The van der Waals surface area contributed by atoms with E-state index >= 15 is 0 Å². The summed E-state index contributed by atoms with van der Waals surface area (Å²) in [4.78, 5) is 19.3. The Bertz CT molecular complexity index is 1290. The predicted molar refractivity (Wildman–Crippen MR) is 141 cm³/mol. The minimum Gasteiger partial charge on any atom is -0.285 e. The molecular weight excluding hydrogens is 444 g/mol. The van der Waals surface area contributed by atoms with Gasteiger partial charge in [0, 0.05) is 15.9 Å². The van der Waals surface area contributed by atoms with Crippen molar-refractivity contribution in [1.29, 1.82) is 0 Å². The first-order chi connectivity index (χ1) is 16.2. The van der Waals surface area contributed by atoms with Crippen molar-refractivity contribution < 1.29 is 4.79 Å². The first-order valence-corrected chi connectivity index (χ1v) is 11.8. The van der Waals surface area contributed by atoms with Gasteiger partial charge in [-0.3, -0.25) is 14.6 Å². The monoisotopic (exact) mass is 464 g/mol. The smallest absolute Gasteiger partial charge is 0.257 e. The number of hydrogen-bond acceptors (Lipinski definition) is 3. The summed E-state index contributed by atoms with van der Waals surface area (Å²) >= 11 is 7.73. The maximum Gasteiger partial charge on any atom is 0.257 e. The average molecular weight is 465 g/mol. The Morgan fingerprint density at radius 3 is 1.85 bits per heavy atom. The first-order valence-electron chi connectivity index (χ1n) is 10.5. The molecule has 0 unspecified atom stereocenters. The number of amides is 1. The predicted octanol–water partition coefficient (Wildman–Crippen LogP) is 7.32. The average Bonchev–Trinajstić information content (AvgIpc) is 2.87. The molecule has 1 heterocycles. The number of thiocarbonyl (C=S) groups is 1. The molecular formula is C28H20N2OS2. The van der Waals surface area contributed by atoms with E-state index in [2.05, 4.69) is 12.1 Å². The minimum absolute atomic E-state index is 0.205. The van der Waals surface area contributed by atoms with Crippen molar-refractivity contribution in [3.8, 4) is 0 Å². The van der Waals surface area contributed by atoms with E-state index in [4.69, 9.17) is 12.2 Å². The fourth-order valence-electron chi connectivity index (χ4n) is 3.73. The molecule has 1 amide bonds. The first kappa shape index (κ1) is 21.2. The highest BCUT2D eigenvalue weighted by molar-refractivity contribution is 7.99. The summed E-state index contributed by atoms with van der Waals surface area (Å²) in [6, 6.07) is 35.6. The summed E-state index contributed by atoms with van der Waals surface area (Å²) < 4.78 is 0. The van der Waals surface area contributed by atoms with Crippen molar-refractivity contribution in [2.75, 3.05) is 9.80 Å². The third-order valence-corrected chi connectivity index (χ3v) is 6.76. The summed E-state index contributed by atoms with van der Waals surface area (Å²) in [6.45, 7) is 0. The Morgan fingerprint density at radius 2 is 1.24 bits per heavy atom. The lowest BCUT2D eigenvalue weighted by Gasteiger charge is -2.36. The van der Waals surface area contributed by atoms with Crippen LogP contribution in [0, 0.1) is 0 Å². The molecule has 0 N–H and O–H groups in total. The molecule has 4 aromatic carbocycles. The highest BCUT2D eigenvalue weighted by Gasteiger charge is 2.31. The van der Waals surface area contributed by atoms with Gasteiger partial charge in [0.2, 0.25) is 0 Å². The second kappa shape index (κ2) is 9.45. The molecule has 0 atom stereocenters. The van der Waals surface area contributed by atoms with E-state index in [-0.39, 0.29) is 5.91 Å². The van der Waals surface area contributed by atoms with E-state index in [9.17, 15) is 4.79 Å². The largest absolute Gasteiger partial charge is 0.285 e. The van der Waals surface area contributed by atoms with Crippen LogP contribution in [0.25, 0.3) is 6.08 Å². The Balaban J connectivity index is 1.59. The standard InChI is InChI=1S/C28H20N2OS2/c31-27(20-19-21-11-3-1-4-12-21)29(22-13-5-2-6-14-22)28(32)30-23-15-7-9-17-25(23)33-26-18-10-8-16-24(26)30/h1-20H/b20-19+. The number of fused-ring (bicyclic) bond motifs is 2. The molecule has 5 rings (SSSR count). The maximum absolute atomic E-state index is 13.5. The summed E-state index contributed by atoms with van der Waals surface area (Å²) in [5.74, 6) is -0.205. The lowest BCUT2D eigenvalue weighted by atomic mass is 10.2. The molecule has 4 aromatic rings. The van der Waals surface area contributed by atoms with Crippen molar-refractivity contribution in [1.82, 2.24) is 0 Å². The van der Waals surface area contributed by atoms with Gasteiger partial charge in [-0.25, -0.2) is 0 Å². The van der Waals surface area contributed by atoms with Crippen LogP contribution in [-0.4, -0.2) is 11.0 Å². The van der Waals surface area contributed by atoms with Gasteiger partial charge in [0.05, 0.1) is 17.1 Å². The quantitative estimate of drug-likeness (QED) is 0.234. The summed E-state index contributed by atoms with van der Waals surface area (Å²) in [5, 5.41) is 0.407. The number of carbonyl (C=O) groups is 1. The fourth-order valence-corrected chi connectivity index (χ4v) is 5.18. The molecule has 0 saturated heterocycles.